The van der Waals surface area contributed by atoms with Gasteiger partial charge in [0.2, 0.25) is 0 Å². The summed E-state index contributed by atoms with van der Waals surface area (Å²) in [5.41, 5.74) is 6.46. The van der Waals surface area contributed by atoms with Crippen molar-refractivity contribution in [2.75, 3.05) is 12.5 Å². The molecule has 2 aromatic heterocycles. The topological polar surface area (TPSA) is 72.5 Å². The summed E-state index contributed by atoms with van der Waals surface area (Å²) in [5, 5.41) is 7.67. The summed E-state index contributed by atoms with van der Waals surface area (Å²) in [7, 11) is 1.64. The van der Waals surface area contributed by atoms with Crippen LogP contribution in [-0.2, 0) is 0 Å². The number of hydrogen-bond donors (Lipinski definition) is 1. The molecule has 158 valence electrons. The Labute approximate surface area is 189 Å². The number of aryl methyl sites for hydroxylation is 1. The molecular weight excluding hydrogens is 424 g/mol. The van der Waals surface area contributed by atoms with E-state index in [1.807, 2.05) is 73.7 Å². The number of methoxy groups -OCH3 is 1. The third-order valence-corrected chi connectivity index (χ3v) is 5.63. The number of ether oxygens (including phenoxy) is 1. The number of fused-ring (bicyclic) bond motifs is 2. The molecule has 0 saturated carbocycles. The Kier molecular flexibility index (Phi) is 5.21. The number of rotatable bonds is 4. The van der Waals surface area contributed by atoms with Gasteiger partial charge in [0.15, 0.2) is 5.82 Å². The molecule has 6 nitrogen and oxygen atoms in total. The summed E-state index contributed by atoms with van der Waals surface area (Å²) in [6, 6.07) is 21.1. The maximum absolute atomic E-state index is 6.41. The van der Waals surface area contributed by atoms with E-state index in [0.717, 1.165) is 33.2 Å². The lowest BCUT2D eigenvalue weighted by Gasteiger charge is -2.08. The normalized spacial score (nSPS) is 11.8. The Balaban J connectivity index is 1.68. The molecule has 0 aliphatic heterocycles. The van der Waals surface area contributed by atoms with Gasteiger partial charge < -0.3 is 9.15 Å². The number of nitrogens with zero attached hydrogens (tertiary/aromatic N) is 3. The summed E-state index contributed by atoms with van der Waals surface area (Å²) in [6.45, 7) is 1.94. The molecule has 0 unspecified atom stereocenters. The van der Waals surface area contributed by atoms with E-state index >= 15 is 0 Å². The van der Waals surface area contributed by atoms with Crippen molar-refractivity contribution in [2.45, 2.75) is 6.92 Å². The van der Waals surface area contributed by atoms with Crippen molar-refractivity contribution in [2.24, 2.45) is 5.10 Å². The number of nitrogens with one attached hydrogen (secondary N) is 1. The van der Waals surface area contributed by atoms with E-state index in [-0.39, 0.29) is 0 Å². The Hall–Kier alpha value is -3.90. The summed E-state index contributed by atoms with van der Waals surface area (Å²) in [6.07, 6.45) is 1.52. The first-order valence-corrected chi connectivity index (χ1v) is 10.4. The Morgan fingerprint density at radius 1 is 0.969 bits per heavy atom. The molecule has 0 fully saturated rings. The van der Waals surface area contributed by atoms with Gasteiger partial charge in [-0.2, -0.15) is 5.10 Å². The third-order valence-electron chi connectivity index (χ3n) is 5.22. The molecule has 0 aliphatic rings. The minimum Gasteiger partial charge on any atom is -0.497 e. The minimum absolute atomic E-state index is 0.619. The van der Waals surface area contributed by atoms with Crippen molar-refractivity contribution >= 4 is 39.3 Å². The van der Waals surface area contributed by atoms with Crippen LogP contribution >= 0.6 is 11.6 Å². The molecule has 0 spiro atoms. The van der Waals surface area contributed by atoms with Crippen molar-refractivity contribution < 1.29 is 9.15 Å². The van der Waals surface area contributed by atoms with Crippen molar-refractivity contribution in [3.63, 3.8) is 0 Å². The van der Waals surface area contributed by atoms with Gasteiger partial charge in [0.25, 0.3) is 0 Å². The smallest absolute Gasteiger partial charge is 0.157 e. The van der Waals surface area contributed by atoms with Crippen LogP contribution in [0.15, 0.2) is 82.6 Å². The Morgan fingerprint density at radius 2 is 1.78 bits per heavy atom. The van der Waals surface area contributed by atoms with Gasteiger partial charge in [-0.3, -0.25) is 5.43 Å². The van der Waals surface area contributed by atoms with Gasteiger partial charge in [-0.25, -0.2) is 9.97 Å². The zero-order valence-corrected chi connectivity index (χ0v) is 18.2. The number of anilines is 1. The van der Waals surface area contributed by atoms with Gasteiger partial charge in [0, 0.05) is 27.4 Å². The highest BCUT2D eigenvalue weighted by atomic mass is 35.5. The summed E-state index contributed by atoms with van der Waals surface area (Å²) >= 11 is 6.41. The fourth-order valence-corrected chi connectivity index (χ4v) is 3.65. The summed E-state index contributed by atoms with van der Waals surface area (Å²) in [4.78, 5) is 8.65. The maximum atomic E-state index is 6.41. The van der Waals surface area contributed by atoms with Crippen LogP contribution in [0.25, 0.3) is 33.2 Å². The molecule has 0 bridgehead atoms. The molecule has 3 aromatic carbocycles. The zero-order chi connectivity index (χ0) is 22.1. The molecule has 0 atom stereocenters. The van der Waals surface area contributed by atoms with Crippen LogP contribution in [-0.4, -0.2) is 17.1 Å². The van der Waals surface area contributed by atoms with E-state index in [1.165, 1.54) is 6.33 Å². The number of benzene rings is 3. The average Bonchev–Trinajstić information content (AvgIpc) is 2.83. The molecule has 0 radical (unpaired) electrons. The van der Waals surface area contributed by atoms with Crippen molar-refractivity contribution in [3.05, 3.63) is 89.0 Å². The molecule has 5 aromatic rings. The van der Waals surface area contributed by atoms with E-state index in [1.54, 1.807) is 7.11 Å². The zero-order valence-electron chi connectivity index (χ0n) is 17.5. The molecular formula is C25H19ClN4O2. The molecule has 0 saturated heterocycles. The molecule has 32 heavy (non-hydrogen) atoms. The number of halogens is 1. The van der Waals surface area contributed by atoms with Crippen LogP contribution < -0.4 is 15.5 Å². The maximum Gasteiger partial charge on any atom is 0.157 e. The van der Waals surface area contributed by atoms with Crippen LogP contribution in [0, 0.1) is 6.92 Å². The van der Waals surface area contributed by atoms with Crippen molar-refractivity contribution in [1.82, 2.24) is 9.97 Å². The summed E-state index contributed by atoms with van der Waals surface area (Å²) < 4.78 is 11.5. The predicted octanol–water partition coefficient (Wildman–Crippen LogP) is 5.94. The molecule has 0 aliphatic carbocycles. The standard InChI is InChI=1S/C25H19ClN4O2/c1-15-11-24-19(12-20(15)26)22(13-23(32-24)16-7-9-17(31-2)10-8-16)29-30-25-18-5-3-4-6-21(18)27-14-28-25/h3-14H,1-2H3,(H,27,28,30). The van der Waals surface area contributed by atoms with E-state index in [9.17, 15) is 0 Å². The van der Waals surface area contributed by atoms with Gasteiger partial charge in [-0.05, 0) is 61.0 Å². The molecule has 5 rings (SSSR count). The highest BCUT2D eigenvalue weighted by molar-refractivity contribution is 6.32. The molecule has 0 amide bonds. The molecule has 2 heterocycles. The third kappa shape index (κ3) is 3.76. The highest BCUT2D eigenvalue weighted by Gasteiger charge is 2.10. The van der Waals surface area contributed by atoms with E-state index < -0.39 is 0 Å². The lowest BCUT2D eigenvalue weighted by atomic mass is 10.1. The first-order valence-electron chi connectivity index (χ1n) is 10.0. The minimum atomic E-state index is 0.619. The van der Waals surface area contributed by atoms with Gasteiger partial charge >= 0.3 is 0 Å². The SMILES string of the molecule is COc1ccc(-c2cc(=NNc3ncnc4ccccc34)c3cc(Cl)c(C)cc3o2)cc1. The summed E-state index contributed by atoms with van der Waals surface area (Å²) in [5.74, 6) is 2.07. The van der Waals surface area contributed by atoms with Gasteiger partial charge in [-0.15, -0.1) is 0 Å². The monoisotopic (exact) mass is 442 g/mol. The quantitative estimate of drug-likeness (QED) is 0.348. The second-order valence-corrected chi connectivity index (χ2v) is 7.69. The largest absolute Gasteiger partial charge is 0.497 e. The predicted molar refractivity (Wildman–Crippen MR) is 127 cm³/mol. The average molecular weight is 443 g/mol. The van der Waals surface area contributed by atoms with Crippen molar-refractivity contribution in [3.8, 4) is 17.1 Å². The van der Waals surface area contributed by atoms with Crippen LogP contribution in [0.5, 0.6) is 5.75 Å². The van der Waals surface area contributed by atoms with Gasteiger partial charge in [0.05, 0.1) is 18.0 Å². The number of aromatic nitrogens is 2. The first kappa shape index (κ1) is 20.0. The highest BCUT2D eigenvalue weighted by Crippen LogP contribution is 2.27. The van der Waals surface area contributed by atoms with E-state index in [0.29, 0.717) is 27.5 Å². The van der Waals surface area contributed by atoms with Crippen molar-refractivity contribution in [1.29, 1.82) is 0 Å². The van der Waals surface area contributed by atoms with Gasteiger partial charge in [0.1, 0.15) is 23.4 Å². The number of hydrogen-bond acceptors (Lipinski definition) is 6. The fraction of sp³-hybridized carbons (Fsp3) is 0.0800. The molecule has 1 N–H and O–H groups in total. The van der Waals surface area contributed by atoms with E-state index in [4.69, 9.17) is 20.8 Å². The van der Waals surface area contributed by atoms with Crippen LogP contribution in [0.4, 0.5) is 5.82 Å². The van der Waals surface area contributed by atoms with Crippen LogP contribution in [0.1, 0.15) is 5.56 Å². The second-order valence-electron chi connectivity index (χ2n) is 7.28. The Bertz CT molecular complexity index is 1510. The lowest BCUT2D eigenvalue weighted by Crippen LogP contribution is -2.08. The first-order chi connectivity index (χ1) is 15.6. The van der Waals surface area contributed by atoms with Crippen LogP contribution in [0.2, 0.25) is 5.02 Å². The lowest BCUT2D eigenvalue weighted by molar-refractivity contribution is 0.415. The fourth-order valence-electron chi connectivity index (χ4n) is 3.49. The molecule has 7 heteroatoms. The second kappa shape index (κ2) is 8.32. The number of para-hydroxylation sites is 1. The van der Waals surface area contributed by atoms with Gasteiger partial charge in [-0.1, -0.05) is 23.7 Å². The van der Waals surface area contributed by atoms with Crippen LogP contribution in [0.3, 0.4) is 0 Å². The van der Waals surface area contributed by atoms with E-state index in [2.05, 4.69) is 20.5 Å². The Morgan fingerprint density at radius 3 is 2.59 bits per heavy atom.